The molecule has 6 nitrogen and oxygen atoms in total. The fourth-order valence-corrected chi connectivity index (χ4v) is 4.75. The summed E-state index contributed by atoms with van der Waals surface area (Å²) in [6, 6.07) is 16.9. The summed E-state index contributed by atoms with van der Waals surface area (Å²) in [5.74, 6) is 2.07. The van der Waals surface area contributed by atoms with Gasteiger partial charge in [0.25, 0.3) is 0 Å². The Morgan fingerprint density at radius 1 is 1.17 bits per heavy atom. The van der Waals surface area contributed by atoms with Crippen LogP contribution in [-0.4, -0.2) is 58.0 Å². The summed E-state index contributed by atoms with van der Waals surface area (Å²) in [6.07, 6.45) is 2.20. The van der Waals surface area contributed by atoms with Gasteiger partial charge in [0.05, 0.1) is 11.8 Å². The molecule has 0 amide bonds. The average molecular weight is 431 g/mol. The van der Waals surface area contributed by atoms with Crippen LogP contribution in [0, 0.1) is 0 Å². The van der Waals surface area contributed by atoms with E-state index in [2.05, 4.69) is 40.0 Å². The first-order chi connectivity index (χ1) is 14.6. The van der Waals surface area contributed by atoms with Crippen LogP contribution in [0.3, 0.4) is 0 Å². The molecule has 1 fully saturated rings. The summed E-state index contributed by atoms with van der Waals surface area (Å²) < 4.78 is 37.6. The molecule has 0 saturated carbocycles. The first-order valence-electron chi connectivity index (χ1n) is 10.7. The molecule has 0 radical (unpaired) electrons. The van der Waals surface area contributed by atoms with Crippen LogP contribution >= 0.6 is 0 Å². The Balaban J connectivity index is 1.50. The highest BCUT2D eigenvalue weighted by Gasteiger charge is 2.37. The molecule has 0 bridgehead atoms. The highest BCUT2D eigenvalue weighted by Crippen LogP contribution is 2.41. The van der Waals surface area contributed by atoms with Gasteiger partial charge in [-0.2, -0.15) is 0 Å². The van der Waals surface area contributed by atoms with Crippen LogP contribution < -0.4 is 14.2 Å². The van der Waals surface area contributed by atoms with E-state index in [1.165, 1.54) is 17.5 Å². The monoisotopic (exact) mass is 430 g/mol. The average Bonchev–Trinajstić information content (AvgIpc) is 2.72. The van der Waals surface area contributed by atoms with Gasteiger partial charge in [0.1, 0.15) is 24.7 Å². The van der Waals surface area contributed by atoms with Crippen molar-refractivity contribution >= 4 is 10.0 Å². The summed E-state index contributed by atoms with van der Waals surface area (Å²) in [7, 11) is -3.20. The zero-order chi connectivity index (χ0) is 21.0. The molecular weight excluding hydrogens is 400 g/mol. The van der Waals surface area contributed by atoms with E-state index < -0.39 is 10.0 Å². The van der Waals surface area contributed by atoms with Crippen molar-refractivity contribution in [2.45, 2.75) is 31.7 Å². The fraction of sp³-hybridized carbons (Fsp3) is 0.478. The van der Waals surface area contributed by atoms with Crippen molar-refractivity contribution in [1.29, 1.82) is 0 Å². The SMILES string of the molecule is CCS(=O)(=O)NCCOc1ccc2c(c1)[C@H](Cc1ccccc1)[C@H](N1CCC1)CO2. The van der Waals surface area contributed by atoms with Crippen LogP contribution in [-0.2, 0) is 16.4 Å². The molecule has 1 saturated heterocycles. The van der Waals surface area contributed by atoms with E-state index >= 15 is 0 Å². The normalized spacial score (nSPS) is 21.4. The molecule has 0 aliphatic carbocycles. The van der Waals surface area contributed by atoms with Crippen molar-refractivity contribution in [3.63, 3.8) is 0 Å². The number of nitrogens with zero attached hydrogens (tertiary/aromatic N) is 1. The van der Waals surface area contributed by atoms with Crippen LogP contribution in [0.5, 0.6) is 11.5 Å². The minimum absolute atomic E-state index is 0.0717. The molecule has 1 N–H and O–H groups in total. The molecular formula is C23H30N2O4S. The third-order valence-corrected chi connectivity index (χ3v) is 7.39. The smallest absolute Gasteiger partial charge is 0.211 e. The van der Waals surface area contributed by atoms with Gasteiger partial charge in [0.2, 0.25) is 10.0 Å². The number of nitrogens with one attached hydrogen (secondary N) is 1. The maximum absolute atomic E-state index is 11.6. The van der Waals surface area contributed by atoms with Gasteiger partial charge in [-0.1, -0.05) is 30.3 Å². The van der Waals surface area contributed by atoms with E-state index in [9.17, 15) is 8.42 Å². The Labute approximate surface area is 179 Å². The molecule has 4 rings (SSSR count). The number of ether oxygens (including phenoxy) is 2. The Morgan fingerprint density at radius 2 is 1.97 bits per heavy atom. The summed E-state index contributed by atoms with van der Waals surface area (Å²) in [5, 5.41) is 0. The fourth-order valence-electron chi connectivity index (χ4n) is 4.15. The molecule has 2 heterocycles. The lowest BCUT2D eigenvalue weighted by molar-refractivity contribution is 0.0500. The van der Waals surface area contributed by atoms with Crippen LogP contribution in [0.15, 0.2) is 48.5 Å². The standard InChI is InChI=1S/C23H30N2O4S/c1-2-30(26,27)24-11-14-28-19-9-10-23-21(16-19)20(15-18-7-4-3-5-8-18)22(17-29-23)25-12-6-13-25/h3-5,7-10,16,20,22,24H,2,6,11-15,17H2,1H3/t20-,22+/m0/s1. The number of likely N-dealkylation sites (tertiary alicyclic amines) is 1. The minimum Gasteiger partial charge on any atom is -0.492 e. The summed E-state index contributed by atoms with van der Waals surface area (Å²) in [6.45, 7) is 5.13. The van der Waals surface area contributed by atoms with E-state index in [0.29, 0.717) is 18.6 Å². The second-order valence-electron chi connectivity index (χ2n) is 7.91. The van der Waals surface area contributed by atoms with Crippen LogP contribution in [0.25, 0.3) is 0 Å². The molecule has 2 aliphatic rings. The van der Waals surface area contributed by atoms with Crippen molar-refractivity contribution in [3.8, 4) is 11.5 Å². The lowest BCUT2D eigenvalue weighted by Gasteiger charge is -2.45. The number of hydrogen-bond donors (Lipinski definition) is 1. The Kier molecular flexibility index (Phi) is 6.61. The van der Waals surface area contributed by atoms with Crippen molar-refractivity contribution in [1.82, 2.24) is 9.62 Å². The number of fused-ring (bicyclic) bond motifs is 1. The van der Waals surface area contributed by atoms with Gasteiger partial charge in [-0.3, -0.25) is 4.90 Å². The van der Waals surface area contributed by atoms with Gasteiger partial charge in [-0.15, -0.1) is 0 Å². The number of benzene rings is 2. The van der Waals surface area contributed by atoms with Gasteiger partial charge in [0, 0.05) is 18.0 Å². The summed E-state index contributed by atoms with van der Waals surface area (Å²) in [5.41, 5.74) is 2.50. The van der Waals surface area contributed by atoms with Crippen LogP contribution in [0.4, 0.5) is 0 Å². The molecule has 2 aromatic carbocycles. The second-order valence-corrected chi connectivity index (χ2v) is 10.0. The van der Waals surface area contributed by atoms with E-state index in [-0.39, 0.29) is 18.9 Å². The maximum Gasteiger partial charge on any atom is 0.211 e. The number of sulfonamides is 1. The second kappa shape index (κ2) is 9.37. The lowest BCUT2D eigenvalue weighted by atomic mass is 9.82. The van der Waals surface area contributed by atoms with Crippen molar-refractivity contribution in [2.24, 2.45) is 0 Å². The highest BCUT2D eigenvalue weighted by molar-refractivity contribution is 7.89. The largest absolute Gasteiger partial charge is 0.492 e. The van der Waals surface area contributed by atoms with Gasteiger partial charge >= 0.3 is 0 Å². The molecule has 0 spiro atoms. The zero-order valence-electron chi connectivity index (χ0n) is 17.4. The quantitative estimate of drug-likeness (QED) is 0.620. The molecule has 162 valence electrons. The third-order valence-electron chi connectivity index (χ3n) is 5.99. The topological polar surface area (TPSA) is 67.9 Å². The van der Waals surface area contributed by atoms with Gasteiger partial charge in [-0.05, 0) is 56.6 Å². The molecule has 2 aromatic rings. The molecule has 0 aromatic heterocycles. The molecule has 30 heavy (non-hydrogen) atoms. The zero-order valence-corrected chi connectivity index (χ0v) is 18.2. The molecule has 2 atom stereocenters. The first kappa shape index (κ1) is 21.2. The van der Waals surface area contributed by atoms with Gasteiger partial charge in [-0.25, -0.2) is 13.1 Å². The van der Waals surface area contributed by atoms with Crippen LogP contribution in [0.1, 0.15) is 30.4 Å². The molecule has 7 heteroatoms. The number of rotatable bonds is 9. The maximum atomic E-state index is 11.6. The molecule has 0 unspecified atom stereocenters. The van der Waals surface area contributed by atoms with Gasteiger partial charge in [0.15, 0.2) is 0 Å². The lowest BCUT2D eigenvalue weighted by Crippen LogP contribution is -2.52. The van der Waals surface area contributed by atoms with Crippen molar-refractivity contribution in [3.05, 3.63) is 59.7 Å². The third kappa shape index (κ3) is 4.96. The van der Waals surface area contributed by atoms with E-state index in [1.807, 2.05) is 18.2 Å². The predicted octanol–water partition coefficient (Wildman–Crippen LogP) is 2.80. The first-order valence-corrected chi connectivity index (χ1v) is 12.4. The number of hydrogen-bond acceptors (Lipinski definition) is 5. The van der Waals surface area contributed by atoms with E-state index in [1.54, 1.807) is 6.92 Å². The van der Waals surface area contributed by atoms with Gasteiger partial charge < -0.3 is 9.47 Å². The summed E-state index contributed by atoms with van der Waals surface area (Å²) >= 11 is 0. The summed E-state index contributed by atoms with van der Waals surface area (Å²) in [4.78, 5) is 2.52. The highest BCUT2D eigenvalue weighted by atomic mass is 32.2. The predicted molar refractivity (Wildman–Crippen MR) is 118 cm³/mol. The Morgan fingerprint density at radius 3 is 2.67 bits per heavy atom. The Hall–Kier alpha value is -2.09. The van der Waals surface area contributed by atoms with Crippen molar-refractivity contribution in [2.75, 3.05) is 38.6 Å². The minimum atomic E-state index is -3.20. The van der Waals surface area contributed by atoms with E-state index in [0.717, 1.165) is 31.0 Å². The van der Waals surface area contributed by atoms with Crippen LogP contribution in [0.2, 0.25) is 0 Å². The van der Waals surface area contributed by atoms with Crippen molar-refractivity contribution < 1.29 is 17.9 Å². The Bertz CT molecular complexity index is 945. The van der Waals surface area contributed by atoms with E-state index in [4.69, 9.17) is 9.47 Å². The molecule has 2 aliphatic heterocycles.